The summed E-state index contributed by atoms with van der Waals surface area (Å²) in [5.41, 5.74) is 0.448. The maximum Gasteiger partial charge on any atom is 0.167 e. The van der Waals surface area contributed by atoms with Gasteiger partial charge in [0.05, 0.1) is 13.2 Å². The van der Waals surface area contributed by atoms with Crippen LogP contribution in [0.4, 0.5) is 0 Å². The lowest BCUT2D eigenvalue weighted by Gasteiger charge is -2.24. The summed E-state index contributed by atoms with van der Waals surface area (Å²) in [5, 5.41) is 0. The minimum Gasteiger partial charge on any atom is -0.334 e. The molecule has 0 aromatic carbocycles. The van der Waals surface area contributed by atoms with Crippen molar-refractivity contribution in [1.29, 1.82) is 0 Å². The first-order chi connectivity index (χ1) is 6.10. The molecule has 0 aliphatic heterocycles. The summed E-state index contributed by atoms with van der Waals surface area (Å²) < 4.78 is 11.3. The second-order valence-electron chi connectivity index (χ2n) is 6.11. The third-order valence-corrected chi connectivity index (χ3v) is 2.34. The summed E-state index contributed by atoms with van der Waals surface area (Å²) in [6.45, 7) is 16.5. The highest BCUT2D eigenvalue weighted by Crippen LogP contribution is 2.37. The van der Waals surface area contributed by atoms with Crippen LogP contribution in [0.25, 0.3) is 0 Å². The molecule has 0 atom stereocenters. The Morgan fingerprint density at radius 3 is 1.29 bits per heavy atom. The molecule has 14 heavy (non-hydrogen) atoms. The van der Waals surface area contributed by atoms with E-state index in [-0.39, 0.29) is 10.8 Å². The molecular formula is C11H25O2P. The lowest BCUT2D eigenvalue weighted by atomic mass is 9.99. The summed E-state index contributed by atoms with van der Waals surface area (Å²) in [4.78, 5) is 0. The van der Waals surface area contributed by atoms with E-state index in [0.717, 1.165) is 13.2 Å². The SMILES string of the molecule is CP(OCC(C)(C)C)OCC(C)(C)C. The fraction of sp³-hybridized carbons (Fsp3) is 1.00. The van der Waals surface area contributed by atoms with Crippen LogP contribution < -0.4 is 0 Å². The Morgan fingerprint density at radius 2 is 1.07 bits per heavy atom. The van der Waals surface area contributed by atoms with Crippen molar-refractivity contribution in [2.45, 2.75) is 41.5 Å². The Labute approximate surface area is 90.3 Å². The highest BCUT2D eigenvalue weighted by Gasteiger charge is 2.16. The van der Waals surface area contributed by atoms with Crippen molar-refractivity contribution in [1.82, 2.24) is 0 Å². The topological polar surface area (TPSA) is 18.5 Å². The molecule has 0 amide bonds. The molecule has 0 saturated carbocycles. The van der Waals surface area contributed by atoms with Gasteiger partial charge in [-0.1, -0.05) is 41.5 Å². The second-order valence-corrected chi connectivity index (χ2v) is 7.50. The smallest absolute Gasteiger partial charge is 0.167 e. The summed E-state index contributed by atoms with van der Waals surface area (Å²) in [6.07, 6.45) is 0. The molecule has 2 nitrogen and oxygen atoms in total. The van der Waals surface area contributed by atoms with Gasteiger partial charge in [0, 0.05) is 6.66 Å². The van der Waals surface area contributed by atoms with Gasteiger partial charge >= 0.3 is 0 Å². The van der Waals surface area contributed by atoms with E-state index < -0.39 is 8.38 Å². The van der Waals surface area contributed by atoms with Crippen LogP contribution >= 0.6 is 8.38 Å². The summed E-state index contributed by atoms with van der Waals surface area (Å²) in [5.74, 6) is 0. The van der Waals surface area contributed by atoms with Crippen LogP contribution in [-0.4, -0.2) is 19.9 Å². The van der Waals surface area contributed by atoms with Gasteiger partial charge in [-0.15, -0.1) is 0 Å². The van der Waals surface area contributed by atoms with Crippen LogP contribution in [0.5, 0.6) is 0 Å². The summed E-state index contributed by atoms with van der Waals surface area (Å²) in [7, 11) is -0.709. The van der Waals surface area contributed by atoms with E-state index in [0.29, 0.717) is 0 Å². The molecule has 0 aliphatic carbocycles. The maximum atomic E-state index is 5.64. The molecule has 0 rings (SSSR count). The fourth-order valence-corrected chi connectivity index (χ4v) is 1.82. The van der Waals surface area contributed by atoms with E-state index in [4.69, 9.17) is 9.05 Å². The van der Waals surface area contributed by atoms with Gasteiger partial charge in [-0.05, 0) is 10.8 Å². The molecule has 0 spiro atoms. The maximum absolute atomic E-state index is 5.64. The minimum absolute atomic E-state index is 0.224. The van der Waals surface area contributed by atoms with Crippen molar-refractivity contribution in [2.24, 2.45) is 10.8 Å². The van der Waals surface area contributed by atoms with Gasteiger partial charge in [-0.3, -0.25) is 0 Å². The van der Waals surface area contributed by atoms with Crippen LogP contribution in [-0.2, 0) is 9.05 Å². The van der Waals surface area contributed by atoms with Gasteiger partial charge in [0.2, 0.25) is 0 Å². The molecule has 0 radical (unpaired) electrons. The average molecular weight is 220 g/mol. The van der Waals surface area contributed by atoms with Gasteiger partial charge in [0.25, 0.3) is 0 Å². The van der Waals surface area contributed by atoms with Gasteiger partial charge in [0.15, 0.2) is 8.38 Å². The normalized spacial score (nSPS) is 13.7. The second kappa shape index (κ2) is 5.44. The van der Waals surface area contributed by atoms with Gasteiger partial charge in [0.1, 0.15) is 0 Å². The highest BCUT2D eigenvalue weighted by molar-refractivity contribution is 7.46. The van der Waals surface area contributed by atoms with E-state index >= 15 is 0 Å². The summed E-state index contributed by atoms with van der Waals surface area (Å²) >= 11 is 0. The molecule has 0 aromatic rings. The zero-order valence-corrected chi connectivity index (χ0v) is 11.6. The summed E-state index contributed by atoms with van der Waals surface area (Å²) in [6, 6.07) is 0. The number of hydrogen-bond acceptors (Lipinski definition) is 2. The largest absolute Gasteiger partial charge is 0.334 e. The van der Waals surface area contributed by atoms with Crippen molar-refractivity contribution in [2.75, 3.05) is 19.9 Å². The minimum atomic E-state index is -0.709. The number of hydrogen-bond donors (Lipinski definition) is 0. The van der Waals surface area contributed by atoms with E-state index in [2.05, 4.69) is 41.5 Å². The predicted octanol–water partition coefficient (Wildman–Crippen LogP) is 4.05. The highest BCUT2D eigenvalue weighted by atomic mass is 31.2. The quantitative estimate of drug-likeness (QED) is 0.665. The average Bonchev–Trinajstić information content (AvgIpc) is 1.94. The third-order valence-electron chi connectivity index (χ3n) is 1.36. The first kappa shape index (κ1) is 14.3. The molecule has 86 valence electrons. The van der Waals surface area contributed by atoms with Crippen LogP contribution in [0, 0.1) is 10.8 Å². The molecule has 0 saturated heterocycles. The lowest BCUT2D eigenvalue weighted by molar-refractivity contribution is 0.151. The van der Waals surface area contributed by atoms with Gasteiger partial charge in [-0.25, -0.2) is 0 Å². The van der Waals surface area contributed by atoms with E-state index in [1.807, 2.05) is 6.66 Å². The van der Waals surface area contributed by atoms with E-state index in [1.54, 1.807) is 0 Å². The zero-order valence-electron chi connectivity index (χ0n) is 10.7. The molecular weight excluding hydrogens is 195 g/mol. The standard InChI is InChI=1S/C11H25O2P/c1-10(2,3)8-12-14(7)13-9-11(4,5)6/h8-9H2,1-7H3. The number of rotatable bonds is 4. The van der Waals surface area contributed by atoms with Crippen molar-refractivity contribution >= 4 is 8.38 Å². The van der Waals surface area contributed by atoms with Crippen LogP contribution in [0.3, 0.4) is 0 Å². The van der Waals surface area contributed by atoms with Crippen LogP contribution in [0.1, 0.15) is 41.5 Å². The van der Waals surface area contributed by atoms with Crippen molar-refractivity contribution in [3.8, 4) is 0 Å². The molecule has 0 fully saturated rings. The first-order valence-corrected chi connectivity index (χ1v) is 6.72. The predicted molar refractivity (Wildman–Crippen MR) is 63.7 cm³/mol. The third kappa shape index (κ3) is 10.4. The van der Waals surface area contributed by atoms with Gasteiger partial charge in [-0.2, -0.15) is 0 Å². The van der Waals surface area contributed by atoms with Crippen molar-refractivity contribution in [3.05, 3.63) is 0 Å². The van der Waals surface area contributed by atoms with Gasteiger partial charge < -0.3 is 9.05 Å². The Bertz CT molecular complexity index is 138. The van der Waals surface area contributed by atoms with Crippen molar-refractivity contribution in [3.63, 3.8) is 0 Å². The van der Waals surface area contributed by atoms with Crippen LogP contribution in [0.2, 0.25) is 0 Å². The first-order valence-electron chi connectivity index (χ1n) is 5.10. The van der Waals surface area contributed by atoms with E-state index in [1.165, 1.54) is 0 Å². The fourth-order valence-electron chi connectivity index (χ4n) is 0.606. The van der Waals surface area contributed by atoms with Crippen LogP contribution in [0.15, 0.2) is 0 Å². The molecule has 0 bridgehead atoms. The lowest BCUT2D eigenvalue weighted by Crippen LogP contribution is -2.15. The Kier molecular flexibility index (Phi) is 5.57. The molecule has 0 N–H and O–H groups in total. The van der Waals surface area contributed by atoms with Crippen molar-refractivity contribution < 1.29 is 9.05 Å². The monoisotopic (exact) mass is 220 g/mol. The Morgan fingerprint density at radius 1 is 0.786 bits per heavy atom. The molecule has 0 heterocycles. The van der Waals surface area contributed by atoms with E-state index in [9.17, 15) is 0 Å². The Hall–Kier alpha value is 0.350. The molecule has 0 aliphatic rings. The molecule has 0 aromatic heterocycles. The molecule has 0 unspecified atom stereocenters. The Balaban J connectivity index is 3.62. The zero-order chi connectivity index (χ0) is 11.4. The molecule has 3 heteroatoms.